The summed E-state index contributed by atoms with van der Waals surface area (Å²) in [5.74, 6) is 1.02. The SMILES string of the molecule is C1CCC(CNCCC2CCCC2)OC1. The van der Waals surface area contributed by atoms with E-state index in [9.17, 15) is 0 Å². The van der Waals surface area contributed by atoms with Crippen LogP contribution in [0.25, 0.3) is 0 Å². The number of nitrogens with one attached hydrogen (secondary N) is 1. The van der Waals surface area contributed by atoms with Crippen molar-refractivity contribution in [2.45, 2.75) is 57.5 Å². The summed E-state index contributed by atoms with van der Waals surface area (Å²) >= 11 is 0. The van der Waals surface area contributed by atoms with Crippen LogP contribution in [0.15, 0.2) is 0 Å². The van der Waals surface area contributed by atoms with E-state index in [1.807, 2.05) is 0 Å². The van der Waals surface area contributed by atoms with E-state index in [4.69, 9.17) is 4.74 Å². The van der Waals surface area contributed by atoms with Crippen LogP contribution in [-0.4, -0.2) is 25.8 Å². The van der Waals surface area contributed by atoms with Crippen molar-refractivity contribution in [3.63, 3.8) is 0 Å². The summed E-state index contributed by atoms with van der Waals surface area (Å²) in [7, 11) is 0. The van der Waals surface area contributed by atoms with Gasteiger partial charge in [-0.1, -0.05) is 25.7 Å². The number of ether oxygens (including phenoxy) is 1. The van der Waals surface area contributed by atoms with Crippen LogP contribution < -0.4 is 5.32 Å². The molecule has 0 aromatic rings. The summed E-state index contributed by atoms with van der Waals surface area (Å²) in [4.78, 5) is 0. The van der Waals surface area contributed by atoms with Gasteiger partial charge in [-0.3, -0.25) is 0 Å². The van der Waals surface area contributed by atoms with E-state index in [0.717, 1.165) is 19.1 Å². The lowest BCUT2D eigenvalue weighted by atomic mass is 10.0. The van der Waals surface area contributed by atoms with Crippen molar-refractivity contribution >= 4 is 0 Å². The highest BCUT2D eigenvalue weighted by molar-refractivity contribution is 4.70. The van der Waals surface area contributed by atoms with E-state index in [2.05, 4.69) is 5.32 Å². The smallest absolute Gasteiger partial charge is 0.0699 e. The Labute approximate surface area is 93.8 Å². The van der Waals surface area contributed by atoms with Gasteiger partial charge in [-0.2, -0.15) is 0 Å². The summed E-state index contributed by atoms with van der Waals surface area (Å²) in [6.07, 6.45) is 11.6. The van der Waals surface area contributed by atoms with E-state index in [1.165, 1.54) is 57.9 Å². The first kappa shape index (κ1) is 11.4. The van der Waals surface area contributed by atoms with E-state index in [-0.39, 0.29) is 0 Å². The third-order valence-electron chi connectivity index (χ3n) is 3.85. The molecule has 1 atom stereocenters. The van der Waals surface area contributed by atoms with E-state index >= 15 is 0 Å². The van der Waals surface area contributed by atoms with Gasteiger partial charge in [-0.25, -0.2) is 0 Å². The van der Waals surface area contributed by atoms with Crippen LogP contribution in [0, 0.1) is 5.92 Å². The second-order valence-electron chi connectivity index (χ2n) is 5.13. The molecule has 1 unspecified atom stereocenters. The van der Waals surface area contributed by atoms with Crippen LogP contribution in [-0.2, 0) is 4.74 Å². The highest BCUT2D eigenvalue weighted by Crippen LogP contribution is 2.26. The highest BCUT2D eigenvalue weighted by atomic mass is 16.5. The van der Waals surface area contributed by atoms with Crippen LogP contribution in [0.4, 0.5) is 0 Å². The van der Waals surface area contributed by atoms with Crippen molar-refractivity contribution in [3.8, 4) is 0 Å². The van der Waals surface area contributed by atoms with Crippen LogP contribution in [0.2, 0.25) is 0 Å². The number of hydrogen-bond donors (Lipinski definition) is 1. The minimum absolute atomic E-state index is 0.502. The first-order chi connectivity index (χ1) is 7.45. The van der Waals surface area contributed by atoms with Crippen molar-refractivity contribution < 1.29 is 4.74 Å². The zero-order valence-electron chi connectivity index (χ0n) is 9.84. The molecule has 15 heavy (non-hydrogen) atoms. The third-order valence-corrected chi connectivity index (χ3v) is 3.85. The van der Waals surface area contributed by atoms with Crippen molar-refractivity contribution in [2.24, 2.45) is 5.92 Å². The van der Waals surface area contributed by atoms with Crippen LogP contribution in [0.1, 0.15) is 51.4 Å². The van der Waals surface area contributed by atoms with E-state index in [1.54, 1.807) is 0 Å². The fourth-order valence-corrected chi connectivity index (χ4v) is 2.84. The minimum atomic E-state index is 0.502. The lowest BCUT2D eigenvalue weighted by Crippen LogP contribution is -2.32. The Morgan fingerprint density at radius 1 is 1.00 bits per heavy atom. The lowest BCUT2D eigenvalue weighted by molar-refractivity contribution is 0.0169. The van der Waals surface area contributed by atoms with Crippen molar-refractivity contribution in [3.05, 3.63) is 0 Å². The van der Waals surface area contributed by atoms with Gasteiger partial charge in [0.05, 0.1) is 6.10 Å². The Morgan fingerprint density at radius 3 is 2.53 bits per heavy atom. The Kier molecular flexibility index (Phi) is 4.94. The Morgan fingerprint density at radius 2 is 1.80 bits per heavy atom. The molecule has 2 fully saturated rings. The zero-order chi connectivity index (χ0) is 10.3. The van der Waals surface area contributed by atoms with Crippen molar-refractivity contribution in [1.29, 1.82) is 0 Å². The fourth-order valence-electron chi connectivity index (χ4n) is 2.84. The summed E-state index contributed by atoms with van der Waals surface area (Å²) in [5, 5.41) is 3.56. The molecule has 0 radical (unpaired) electrons. The summed E-state index contributed by atoms with van der Waals surface area (Å²) in [6.45, 7) is 3.26. The predicted molar refractivity (Wildman–Crippen MR) is 63.0 cm³/mol. The van der Waals surface area contributed by atoms with E-state index < -0.39 is 0 Å². The molecule has 0 aromatic carbocycles. The van der Waals surface area contributed by atoms with Gasteiger partial charge >= 0.3 is 0 Å². The van der Waals surface area contributed by atoms with Gasteiger partial charge in [0.2, 0.25) is 0 Å². The maximum absolute atomic E-state index is 5.69. The maximum atomic E-state index is 5.69. The Bertz CT molecular complexity index is 160. The molecular formula is C13H25NO. The van der Waals surface area contributed by atoms with Crippen LogP contribution in [0.5, 0.6) is 0 Å². The van der Waals surface area contributed by atoms with Gasteiger partial charge < -0.3 is 10.1 Å². The standard InChI is InChI=1S/C13H25NO/c1-2-6-12(5-1)8-9-14-11-13-7-3-4-10-15-13/h12-14H,1-11H2. The molecule has 2 aliphatic rings. The first-order valence-electron chi connectivity index (χ1n) is 6.77. The van der Waals surface area contributed by atoms with Crippen LogP contribution >= 0.6 is 0 Å². The molecule has 2 heteroatoms. The van der Waals surface area contributed by atoms with Gasteiger partial charge in [-0.15, -0.1) is 0 Å². The first-order valence-corrected chi connectivity index (χ1v) is 6.77. The lowest BCUT2D eigenvalue weighted by Gasteiger charge is -2.23. The third kappa shape index (κ3) is 4.12. The molecule has 0 amide bonds. The van der Waals surface area contributed by atoms with Gasteiger partial charge in [0, 0.05) is 13.2 Å². The highest BCUT2D eigenvalue weighted by Gasteiger charge is 2.15. The Balaban J connectivity index is 1.47. The average Bonchev–Trinajstić information content (AvgIpc) is 2.79. The number of hydrogen-bond acceptors (Lipinski definition) is 2. The van der Waals surface area contributed by atoms with Crippen molar-refractivity contribution in [2.75, 3.05) is 19.7 Å². The van der Waals surface area contributed by atoms with Crippen molar-refractivity contribution in [1.82, 2.24) is 5.32 Å². The molecule has 1 heterocycles. The minimum Gasteiger partial charge on any atom is -0.377 e. The number of rotatable bonds is 5. The van der Waals surface area contributed by atoms with E-state index in [0.29, 0.717) is 6.10 Å². The quantitative estimate of drug-likeness (QED) is 0.706. The molecule has 1 aliphatic heterocycles. The molecule has 2 rings (SSSR count). The molecule has 1 aliphatic carbocycles. The molecule has 0 spiro atoms. The largest absolute Gasteiger partial charge is 0.377 e. The molecule has 1 saturated carbocycles. The molecule has 1 saturated heterocycles. The monoisotopic (exact) mass is 211 g/mol. The summed E-state index contributed by atoms with van der Waals surface area (Å²) in [5.41, 5.74) is 0. The molecule has 0 bridgehead atoms. The summed E-state index contributed by atoms with van der Waals surface area (Å²) < 4.78 is 5.69. The molecular weight excluding hydrogens is 186 g/mol. The zero-order valence-corrected chi connectivity index (χ0v) is 9.84. The molecule has 88 valence electrons. The van der Waals surface area contributed by atoms with Gasteiger partial charge in [0.15, 0.2) is 0 Å². The van der Waals surface area contributed by atoms with Gasteiger partial charge in [0.1, 0.15) is 0 Å². The van der Waals surface area contributed by atoms with Gasteiger partial charge in [-0.05, 0) is 38.1 Å². The second kappa shape index (κ2) is 6.49. The topological polar surface area (TPSA) is 21.3 Å². The molecule has 2 nitrogen and oxygen atoms in total. The predicted octanol–water partition coefficient (Wildman–Crippen LogP) is 2.73. The summed E-state index contributed by atoms with van der Waals surface area (Å²) in [6, 6.07) is 0. The second-order valence-corrected chi connectivity index (χ2v) is 5.13. The van der Waals surface area contributed by atoms with Gasteiger partial charge in [0.25, 0.3) is 0 Å². The molecule has 1 N–H and O–H groups in total. The maximum Gasteiger partial charge on any atom is 0.0699 e. The normalized spacial score (nSPS) is 28.4. The molecule has 0 aromatic heterocycles. The average molecular weight is 211 g/mol. The van der Waals surface area contributed by atoms with Crippen LogP contribution in [0.3, 0.4) is 0 Å². The fraction of sp³-hybridized carbons (Fsp3) is 1.00. The Hall–Kier alpha value is -0.0800.